The van der Waals surface area contributed by atoms with E-state index < -0.39 is 21.3 Å². The third kappa shape index (κ3) is 4.57. The van der Waals surface area contributed by atoms with Crippen LogP contribution in [0, 0.1) is 0 Å². The minimum absolute atomic E-state index is 0.0843. The quantitative estimate of drug-likeness (QED) is 0.732. The van der Waals surface area contributed by atoms with Gasteiger partial charge in [0.15, 0.2) is 0 Å². The number of nitrogens with zero attached hydrogens (tertiary/aromatic N) is 1. The van der Waals surface area contributed by atoms with E-state index in [0.717, 1.165) is 5.56 Å². The van der Waals surface area contributed by atoms with E-state index in [1.54, 1.807) is 37.4 Å². The van der Waals surface area contributed by atoms with Crippen LogP contribution in [-0.2, 0) is 19.6 Å². The van der Waals surface area contributed by atoms with Crippen molar-refractivity contribution in [3.8, 4) is 0 Å². The molecule has 1 fully saturated rings. The van der Waals surface area contributed by atoms with Gasteiger partial charge in [0.05, 0.1) is 22.7 Å². The van der Waals surface area contributed by atoms with Gasteiger partial charge in [-0.25, -0.2) is 13.1 Å². The lowest BCUT2D eigenvalue weighted by atomic mass is 10.0. The van der Waals surface area contributed by atoms with Crippen LogP contribution in [0.25, 0.3) is 0 Å². The van der Waals surface area contributed by atoms with E-state index in [9.17, 15) is 8.42 Å². The molecule has 1 saturated heterocycles. The Bertz CT molecular complexity index is 642. The highest BCUT2D eigenvalue weighted by atomic mass is 35.5. The Morgan fingerprint density at radius 3 is 2.78 bits per heavy atom. The number of benzene rings is 1. The Morgan fingerprint density at radius 1 is 1.39 bits per heavy atom. The maximum absolute atomic E-state index is 12.6. The number of rotatable bonds is 7. The smallest absolute Gasteiger partial charge is 0.218 e. The fourth-order valence-electron chi connectivity index (χ4n) is 2.51. The van der Waals surface area contributed by atoms with Gasteiger partial charge in [-0.05, 0) is 24.1 Å². The van der Waals surface area contributed by atoms with Crippen molar-refractivity contribution in [3.05, 3.63) is 33.8 Å². The van der Waals surface area contributed by atoms with Crippen molar-refractivity contribution in [2.75, 3.05) is 33.9 Å². The van der Waals surface area contributed by atoms with Gasteiger partial charge in [0.25, 0.3) is 0 Å². The molecule has 0 bridgehead atoms. The third-order valence-electron chi connectivity index (χ3n) is 3.70. The molecule has 0 aromatic heterocycles. The van der Waals surface area contributed by atoms with Crippen LogP contribution in [0.3, 0.4) is 0 Å². The van der Waals surface area contributed by atoms with Crippen molar-refractivity contribution in [1.29, 1.82) is 0 Å². The molecule has 1 aliphatic heterocycles. The second-order valence-corrected chi connectivity index (χ2v) is 8.08. The van der Waals surface area contributed by atoms with Crippen LogP contribution in [0.5, 0.6) is 0 Å². The van der Waals surface area contributed by atoms with Crippen molar-refractivity contribution in [2.24, 2.45) is 0 Å². The highest BCUT2D eigenvalue weighted by Gasteiger charge is 2.43. The number of nitrogens with one attached hydrogen (secondary N) is 1. The SMILES string of the molecule is COCCCNS(=O)(=O)C1CON(C)C1c1ccc(Cl)c(Cl)c1. The van der Waals surface area contributed by atoms with E-state index in [4.69, 9.17) is 32.8 Å². The molecular formula is C14H20Cl2N2O4S. The van der Waals surface area contributed by atoms with Crippen LogP contribution >= 0.6 is 23.2 Å². The number of sulfonamides is 1. The van der Waals surface area contributed by atoms with E-state index in [-0.39, 0.29) is 6.61 Å². The molecule has 2 rings (SSSR count). The van der Waals surface area contributed by atoms with Gasteiger partial charge in [-0.3, -0.25) is 4.84 Å². The van der Waals surface area contributed by atoms with E-state index in [2.05, 4.69) is 4.72 Å². The molecule has 0 radical (unpaired) electrons. The fourth-order valence-corrected chi connectivity index (χ4v) is 4.37. The molecule has 1 aliphatic rings. The summed E-state index contributed by atoms with van der Waals surface area (Å²) in [6.07, 6.45) is 0.608. The first-order valence-electron chi connectivity index (χ1n) is 7.15. The van der Waals surface area contributed by atoms with Crippen molar-refractivity contribution >= 4 is 33.2 Å². The van der Waals surface area contributed by atoms with Crippen LogP contribution in [0.4, 0.5) is 0 Å². The molecule has 1 aromatic rings. The molecule has 0 aliphatic carbocycles. The molecule has 0 spiro atoms. The van der Waals surface area contributed by atoms with Gasteiger partial charge in [0.2, 0.25) is 10.0 Å². The van der Waals surface area contributed by atoms with Crippen LogP contribution < -0.4 is 4.72 Å². The summed E-state index contributed by atoms with van der Waals surface area (Å²) in [5, 5.41) is 1.62. The van der Waals surface area contributed by atoms with E-state index >= 15 is 0 Å². The highest BCUT2D eigenvalue weighted by Crippen LogP contribution is 2.35. The van der Waals surface area contributed by atoms with E-state index in [1.807, 2.05) is 0 Å². The average Bonchev–Trinajstić information content (AvgIpc) is 2.89. The molecule has 0 amide bonds. The van der Waals surface area contributed by atoms with Gasteiger partial charge in [-0.2, -0.15) is 5.06 Å². The lowest BCUT2D eigenvalue weighted by Crippen LogP contribution is -2.39. The molecule has 1 N–H and O–H groups in total. The molecule has 1 heterocycles. The number of halogens is 2. The standard InChI is InChI=1S/C14H20Cl2N2O4S/c1-18-14(10-4-5-11(15)12(16)8-10)13(9-22-18)23(19,20)17-6-3-7-21-2/h4-5,8,13-14,17H,3,6-7,9H2,1-2H3. The summed E-state index contributed by atoms with van der Waals surface area (Å²) in [7, 11) is -0.262. The lowest BCUT2D eigenvalue weighted by molar-refractivity contribution is -0.110. The molecule has 9 heteroatoms. The van der Waals surface area contributed by atoms with Crippen molar-refractivity contribution in [3.63, 3.8) is 0 Å². The summed E-state index contributed by atoms with van der Waals surface area (Å²) in [5.41, 5.74) is 0.742. The van der Waals surface area contributed by atoms with Crippen LogP contribution in [0.1, 0.15) is 18.0 Å². The molecule has 2 atom stereocenters. The van der Waals surface area contributed by atoms with Crippen LogP contribution in [-0.4, -0.2) is 52.6 Å². The minimum atomic E-state index is -3.54. The molecule has 2 unspecified atom stereocenters. The first kappa shape index (κ1) is 18.9. The van der Waals surface area contributed by atoms with Crippen molar-refractivity contribution < 1.29 is 18.0 Å². The molecule has 130 valence electrons. The number of hydrogen-bond acceptors (Lipinski definition) is 5. The fraction of sp³-hybridized carbons (Fsp3) is 0.571. The summed E-state index contributed by atoms with van der Waals surface area (Å²) < 4.78 is 32.6. The summed E-state index contributed by atoms with van der Waals surface area (Å²) in [6, 6.07) is 4.64. The summed E-state index contributed by atoms with van der Waals surface area (Å²) in [4.78, 5) is 5.43. The van der Waals surface area contributed by atoms with Crippen molar-refractivity contribution in [1.82, 2.24) is 9.79 Å². The predicted molar refractivity (Wildman–Crippen MR) is 90.1 cm³/mol. The maximum Gasteiger partial charge on any atom is 0.218 e. The first-order chi connectivity index (χ1) is 10.9. The Hall–Kier alpha value is -0.410. The molecule has 1 aromatic carbocycles. The Balaban J connectivity index is 2.18. The summed E-state index contributed by atoms with van der Waals surface area (Å²) in [6.45, 7) is 0.908. The van der Waals surface area contributed by atoms with Crippen LogP contribution in [0.15, 0.2) is 18.2 Å². The number of hydrogen-bond donors (Lipinski definition) is 1. The van der Waals surface area contributed by atoms with E-state index in [0.29, 0.717) is 29.6 Å². The van der Waals surface area contributed by atoms with Gasteiger partial charge >= 0.3 is 0 Å². The molecule has 23 heavy (non-hydrogen) atoms. The van der Waals surface area contributed by atoms with Gasteiger partial charge in [-0.1, -0.05) is 29.3 Å². The van der Waals surface area contributed by atoms with Gasteiger partial charge < -0.3 is 4.74 Å². The lowest BCUT2D eigenvalue weighted by Gasteiger charge is -2.23. The molecular weight excluding hydrogens is 363 g/mol. The zero-order valence-electron chi connectivity index (χ0n) is 13.0. The number of ether oxygens (including phenoxy) is 1. The Labute approximate surface area is 146 Å². The van der Waals surface area contributed by atoms with Crippen molar-refractivity contribution in [2.45, 2.75) is 17.7 Å². The number of methoxy groups -OCH3 is 1. The highest BCUT2D eigenvalue weighted by molar-refractivity contribution is 7.90. The molecule has 6 nitrogen and oxygen atoms in total. The predicted octanol–water partition coefficient (Wildman–Crippen LogP) is 2.24. The Kier molecular flexibility index (Phi) is 6.67. The van der Waals surface area contributed by atoms with Crippen LogP contribution in [0.2, 0.25) is 10.0 Å². The topological polar surface area (TPSA) is 67.9 Å². The zero-order chi connectivity index (χ0) is 17.0. The summed E-state index contributed by atoms with van der Waals surface area (Å²) in [5.74, 6) is 0. The van der Waals surface area contributed by atoms with Gasteiger partial charge in [-0.15, -0.1) is 0 Å². The zero-order valence-corrected chi connectivity index (χ0v) is 15.3. The summed E-state index contributed by atoms with van der Waals surface area (Å²) >= 11 is 12.0. The monoisotopic (exact) mass is 382 g/mol. The van der Waals surface area contributed by atoms with E-state index in [1.165, 1.54) is 0 Å². The maximum atomic E-state index is 12.6. The van der Waals surface area contributed by atoms with Gasteiger partial charge in [0, 0.05) is 27.3 Å². The number of hydroxylamine groups is 2. The van der Waals surface area contributed by atoms with Gasteiger partial charge in [0.1, 0.15) is 5.25 Å². The third-order valence-corrected chi connectivity index (χ3v) is 6.24. The molecule has 0 saturated carbocycles. The minimum Gasteiger partial charge on any atom is -0.385 e. The Morgan fingerprint density at radius 2 is 2.13 bits per heavy atom. The normalized spacial score (nSPS) is 22.6. The first-order valence-corrected chi connectivity index (χ1v) is 9.45. The largest absolute Gasteiger partial charge is 0.385 e. The average molecular weight is 383 g/mol. The second-order valence-electron chi connectivity index (χ2n) is 5.28. The second kappa shape index (κ2) is 8.11.